The van der Waals surface area contributed by atoms with Crippen molar-refractivity contribution >= 4 is 57.8 Å². The summed E-state index contributed by atoms with van der Waals surface area (Å²) in [6.45, 7) is 2.51. The lowest BCUT2D eigenvalue weighted by Crippen LogP contribution is -2.20. The van der Waals surface area contributed by atoms with E-state index in [9.17, 15) is 9.59 Å². The molecule has 0 radical (unpaired) electrons. The van der Waals surface area contributed by atoms with Crippen molar-refractivity contribution in [3.8, 4) is 11.5 Å². The summed E-state index contributed by atoms with van der Waals surface area (Å²) in [4.78, 5) is 25.9. The first-order chi connectivity index (χ1) is 19.4. The number of thioether (sulfide) groups is 1. The van der Waals surface area contributed by atoms with Crippen molar-refractivity contribution in [2.24, 2.45) is 0 Å². The van der Waals surface area contributed by atoms with Gasteiger partial charge in [0.1, 0.15) is 18.5 Å². The monoisotopic (exact) mass is 569 g/mol. The van der Waals surface area contributed by atoms with Gasteiger partial charge in [0.15, 0.2) is 22.4 Å². The van der Waals surface area contributed by atoms with Crippen LogP contribution in [0.15, 0.2) is 102 Å². The fourth-order valence-electron chi connectivity index (χ4n) is 4.09. The summed E-state index contributed by atoms with van der Waals surface area (Å²) in [7, 11) is 0. The third kappa shape index (κ3) is 6.99. The minimum Gasteiger partial charge on any atom is -0.486 e. The van der Waals surface area contributed by atoms with Crippen LogP contribution in [0, 0.1) is 0 Å². The second-order valence-corrected chi connectivity index (χ2v) is 10.6. The second-order valence-electron chi connectivity index (χ2n) is 9.00. The summed E-state index contributed by atoms with van der Waals surface area (Å²) in [5.41, 5.74) is 3.71. The maximum Gasteiger partial charge on any atom is 0.242 e. The Morgan fingerprint density at radius 2 is 1.43 bits per heavy atom. The van der Waals surface area contributed by atoms with Crippen LogP contribution in [0.3, 0.4) is 0 Å². The number of benzene rings is 4. The Bertz CT molecular complexity index is 1530. The van der Waals surface area contributed by atoms with Crippen LogP contribution in [0.2, 0.25) is 0 Å². The number of hydrogen-bond donors (Lipinski definition) is 3. The molecular weight excluding hydrogens is 542 g/mol. The maximum atomic E-state index is 13.5. The molecule has 40 heavy (non-hydrogen) atoms. The summed E-state index contributed by atoms with van der Waals surface area (Å²) < 4.78 is 11.3. The number of amides is 1. The number of carbonyl (C=O) groups is 2. The lowest BCUT2D eigenvalue weighted by atomic mass is 10.1. The quantitative estimate of drug-likeness (QED) is 0.119. The van der Waals surface area contributed by atoms with Crippen LogP contribution >= 0.6 is 24.0 Å². The van der Waals surface area contributed by atoms with Crippen LogP contribution in [0.1, 0.15) is 28.1 Å². The molecule has 1 unspecified atom stereocenters. The van der Waals surface area contributed by atoms with Gasteiger partial charge >= 0.3 is 0 Å². The number of nitrogens with one attached hydrogen (secondary N) is 3. The summed E-state index contributed by atoms with van der Waals surface area (Å²) in [6, 6.07) is 29.9. The Balaban J connectivity index is 1.28. The third-order valence-electron chi connectivity index (χ3n) is 6.05. The van der Waals surface area contributed by atoms with E-state index in [1.165, 1.54) is 18.7 Å². The van der Waals surface area contributed by atoms with Crippen molar-refractivity contribution in [2.75, 3.05) is 29.2 Å². The fraction of sp³-hybridized carbons (Fsp3) is 0.129. The molecule has 0 bridgehead atoms. The standard InChI is InChI=1S/C31H27N3O4S2/c1-20(35)21-10-12-23(13-11-21)33-31(39)34-24-8-5-9-26(18-24)40-29(22-6-3-2-4-7-22)30(36)32-25-14-15-27-28(19-25)38-17-16-37-27/h2-15,18-19,29H,16-17H2,1H3,(H,32,36)(H2,33,34,39). The van der Waals surface area contributed by atoms with E-state index in [-0.39, 0.29) is 11.7 Å². The molecule has 7 nitrogen and oxygen atoms in total. The molecule has 0 fully saturated rings. The van der Waals surface area contributed by atoms with Crippen LogP contribution in [-0.2, 0) is 4.79 Å². The summed E-state index contributed by atoms with van der Waals surface area (Å²) in [6.07, 6.45) is 0. The van der Waals surface area contributed by atoms with Gasteiger partial charge in [-0.2, -0.15) is 0 Å². The van der Waals surface area contributed by atoms with Gasteiger partial charge in [0.2, 0.25) is 5.91 Å². The minimum atomic E-state index is -0.505. The van der Waals surface area contributed by atoms with Crippen molar-refractivity contribution in [1.29, 1.82) is 0 Å². The minimum absolute atomic E-state index is 0.00959. The molecule has 1 aliphatic heterocycles. The number of fused-ring (bicyclic) bond motifs is 1. The van der Waals surface area contributed by atoms with Gasteiger partial charge in [0.25, 0.3) is 0 Å². The van der Waals surface area contributed by atoms with E-state index in [0.29, 0.717) is 41.1 Å². The highest BCUT2D eigenvalue weighted by Gasteiger charge is 2.23. The molecule has 0 saturated heterocycles. The van der Waals surface area contributed by atoms with Crippen molar-refractivity contribution in [2.45, 2.75) is 17.1 Å². The van der Waals surface area contributed by atoms with E-state index in [2.05, 4.69) is 16.0 Å². The fourth-order valence-corrected chi connectivity index (χ4v) is 5.41. The lowest BCUT2D eigenvalue weighted by Gasteiger charge is -2.20. The number of Topliss-reactive ketones (excluding diaryl/α,β-unsaturated/α-hetero) is 1. The molecule has 1 aliphatic rings. The number of ether oxygens (including phenoxy) is 2. The Labute approximate surface area is 242 Å². The Kier molecular flexibility index (Phi) is 8.63. The van der Waals surface area contributed by atoms with Gasteiger partial charge in [0, 0.05) is 33.6 Å². The van der Waals surface area contributed by atoms with Gasteiger partial charge in [-0.05, 0) is 79.3 Å². The van der Waals surface area contributed by atoms with E-state index >= 15 is 0 Å². The predicted octanol–water partition coefficient (Wildman–Crippen LogP) is 6.94. The van der Waals surface area contributed by atoms with Crippen molar-refractivity contribution < 1.29 is 19.1 Å². The molecule has 4 aromatic rings. The average molecular weight is 570 g/mol. The first-order valence-electron chi connectivity index (χ1n) is 12.7. The summed E-state index contributed by atoms with van der Waals surface area (Å²) in [5, 5.41) is 9.26. The number of hydrogen-bond acceptors (Lipinski definition) is 6. The second kappa shape index (κ2) is 12.7. The highest BCUT2D eigenvalue weighted by Crippen LogP contribution is 2.38. The molecule has 0 saturated carbocycles. The molecule has 202 valence electrons. The number of ketones is 1. The SMILES string of the molecule is CC(=O)c1ccc(NC(=S)Nc2cccc(SC(C(=O)Nc3ccc4c(c3)OCCO4)c3ccccc3)c2)cc1. The largest absolute Gasteiger partial charge is 0.486 e. The molecule has 3 N–H and O–H groups in total. The molecule has 0 aliphatic carbocycles. The van der Waals surface area contributed by atoms with Crippen molar-refractivity contribution in [3.63, 3.8) is 0 Å². The van der Waals surface area contributed by atoms with E-state index in [0.717, 1.165) is 21.8 Å². The zero-order valence-corrected chi connectivity index (χ0v) is 23.3. The highest BCUT2D eigenvalue weighted by molar-refractivity contribution is 8.00. The number of thiocarbonyl (C=S) groups is 1. The lowest BCUT2D eigenvalue weighted by molar-refractivity contribution is -0.115. The van der Waals surface area contributed by atoms with Gasteiger partial charge < -0.3 is 25.4 Å². The predicted molar refractivity (Wildman–Crippen MR) is 164 cm³/mol. The molecule has 0 aromatic heterocycles. The van der Waals surface area contributed by atoms with E-state index < -0.39 is 5.25 Å². The van der Waals surface area contributed by atoms with E-state index in [4.69, 9.17) is 21.7 Å². The van der Waals surface area contributed by atoms with Crippen LogP contribution < -0.4 is 25.4 Å². The van der Waals surface area contributed by atoms with Gasteiger partial charge in [0.05, 0.1) is 0 Å². The zero-order valence-electron chi connectivity index (χ0n) is 21.7. The Morgan fingerprint density at radius 3 is 2.17 bits per heavy atom. The van der Waals surface area contributed by atoms with Gasteiger partial charge in [-0.1, -0.05) is 36.4 Å². The zero-order chi connectivity index (χ0) is 27.9. The molecule has 1 heterocycles. The number of carbonyl (C=O) groups excluding carboxylic acids is 2. The smallest absolute Gasteiger partial charge is 0.242 e. The molecular formula is C31H27N3O4S2. The van der Waals surface area contributed by atoms with Crippen molar-refractivity contribution in [1.82, 2.24) is 0 Å². The molecule has 4 aromatic carbocycles. The maximum absolute atomic E-state index is 13.5. The first-order valence-corrected chi connectivity index (χ1v) is 13.9. The third-order valence-corrected chi connectivity index (χ3v) is 7.50. The van der Waals surface area contributed by atoms with Gasteiger partial charge in [-0.15, -0.1) is 11.8 Å². The molecule has 5 rings (SSSR count). The normalized spacial score (nSPS) is 12.6. The van der Waals surface area contributed by atoms with Crippen LogP contribution in [-0.4, -0.2) is 30.0 Å². The molecule has 1 atom stereocenters. The van der Waals surface area contributed by atoms with E-state index in [1.54, 1.807) is 24.3 Å². The highest BCUT2D eigenvalue weighted by atomic mass is 32.2. The Hall–Kier alpha value is -4.34. The van der Waals surface area contributed by atoms with Crippen LogP contribution in [0.5, 0.6) is 11.5 Å². The van der Waals surface area contributed by atoms with Crippen molar-refractivity contribution in [3.05, 3.63) is 108 Å². The van der Waals surface area contributed by atoms with E-state index in [1.807, 2.05) is 72.8 Å². The molecule has 9 heteroatoms. The van der Waals surface area contributed by atoms with Crippen LogP contribution in [0.4, 0.5) is 17.1 Å². The van der Waals surface area contributed by atoms with Crippen LogP contribution in [0.25, 0.3) is 0 Å². The Morgan fingerprint density at radius 1 is 0.750 bits per heavy atom. The molecule has 1 amide bonds. The van der Waals surface area contributed by atoms with Gasteiger partial charge in [-0.3, -0.25) is 9.59 Å². The average Bonchev–Trinajstić information content (AvgIpc) is 2.96. The first kappa shape index (κ1) is 27.2. The number of rotatable bonds is 8. The number of anilines is 3. The topological polar surface area (TPSA) is 88.7 Å². The van der Waals surface area contributed by atoms with Gasteiger partial charge in [-0.25, -0.2) is 0 Å². The summed E-state index contributed by atoms with van der Waals surface area (Å²) >= 11 is 6.93. The summed E-state index contributed by atoms with van der Waals surface area (Å²) in [5.74, 6) is 1.14. The molecule has 0 spiro atoms.